The molecule has 3 heteroatoms. The fourth-order valence-corrected chi connectivity index (χ4v) is 4.16. The van der Waals surface area contributed by atoms with E-state index in [9.17, 15) is 0 Å². The summed E-state index contributed by atoms with van der Waals surface area (Å²) in [7, 11) is 0. The minimum absolute atomic E-state index is 0.714. The fourth-order valence-electron chi connectivity index (χ4n) is 4.16. The van der Waals surface area contributed by atoms with E-state index < -0.39 is 0 Å². The predicted octanol–water partition coefficient (Wildman–Crippen LogP) is 3.46. The van der Waals surface area contributed by atoms with Gasteiger partial charge in [-0.25, -0.2) is 0 Å². The van der Waals surface area contributed by atoms with Gasteiger partial charge in [0.25, 0.3) is 0 Å². The van der Waals surface area contributed by atoms with Crippen molar-refractivity contribution in [3.63, 3.8) is 0 Å². The van der Waals surface area contributed by atoms with Crippen molar-refractivity contribution in [1.82, 2.24) is 10.3 Å². The van der Waals surface area contributed by atoms with Gasteiger partial charge in [0.2, 0.25) is 0 Å². The molecule has 4 rings (SSSR count). The van der Waals surface area contributed by atoms with E-state index in [-0.39, 0.29) is 0 Å². The van der Waals surface area contributed by atoms with E-state index in [1.807, 2.05) is 0 Å². The Kier molecular flexibility index (Phi) is 3.62. The van der Waals surface area contributed by atoms with Crippen molar-refractivity contribution < 1.29 is 4.74 Å². The molecule has 1 N–H and O–H groups in total. The van der Waals surface area contributed by atoms with Crippen LogP contribution in [0.2, 0.25) is 0 Å². The maximum absolute atomic E-state index is 6.18. The molecule has 2 bridgehead atoms. The van der Waals surface area contributed by atoms with E-state index in [1.54, 1.807) is 0 Å². The number of hydrogen-bond donors (Lipinski definition) is 1. The Morgan fingerprint density at radius 1 is 1.19 bits per heavy atom. The molecule has 21 heavy (non-hydrogen) atoms. The maximum atomic E-state index is 6.18. The first-order valence-corrected chi connectivity index (χ1v) is 8.60. The average molecular weight is 286 g/mol. The first kappa shape index (κ1) is 13.6. The third-order valence-electron chi connectivity index (χ3n) is 5.54. The number of aromatic nitrogens is 1. The number of rotatable bonds is 6. The van der Waals surface area contributed by atoms with Crippen LogP contribution in [-0.4, -0.2) is 17.6 Å². The molecule has 3 fully saturated rings. The lowest BCUT2D eigenvalue weighted by Gasteiger charge is -2.22. The Hall–Kier alpha value is -1.09. The molecule has 3 aliphatic rings. The molecule has 0 aromatic carbocycles. The molecular formula is C18H26N2O. The van der Waals surface area contributed by atoms with E-state index in [2.05, 4.69) is 29.4 Å². The summed E-state index contributed by atoms with van der Waals surface area (Å²) in [6, 6.07) is 4.89. The van der Waals surface area contributed by atoms with Crippen LogP contribution in [0.25, 0.3) is 0 Å². The van der Waals surface area contributed by atoms with Gasteiger partial charge in [0.15, 0.2) is 0 Å². The van der Waals surface area contributed by atoms with Gasteiger partial charge in [-0.15, -0.1) is 0 Å². The summed E-state index contributed by atoms with van der Waals surface area (Å²) in [4.78, 5) is 4.68. The third-order valence-corrected chi connectivity index (χ3v) is 5.54. The molecule has 114 valence electrons. The number of nitrogens with one attached hydrogen (secondary N) is 1. The van der Waals surface area contributed by atoms with Crippen molar-refractivity contribution >= 4 is 0 Å². The highest BCUT2D eigenvalue weighted by atomic mass is 16.5. The van der Waals surface area contributed by atoms with Crippen LogP contribution in [0.3, 0.4) is 0 Å². The van der Waals surface area contributed by atoms with Crippen molar-refractivity contribution in [1.29, 1.82) is 0 Å². The normalized spacial score (nSPS) is 30.8. The average Bonchev–Trinajstić information content (AvgIpc) is 3.08. The molecule has 3 unspecified atom stereocenters. The summed E-state index contributed by atoms with van der Waals surface area (Å²) in [5, 5.41) is 3.55. The molecule has 0 aliphatic heterocycles. The van der Waals surface area contributed by atoms with Gasteiger partial charge in [-0.2, -0.15) is 0 Å². The van der Waals surface area contributed by atoms with Gasteiger partial charge in [-0.3, -0.25) is 4.98 Å². The zero-order valence-corrected chi connectivity index (χ0v) is 13.0. The van der Waals surface area contributed by atoms with Crippen LogP contribution in [0.5, 0.6) is 5.75 Å². The number of nitrogens with zero attached hydrogens (tertiary/aromatic N) is 1. The third kappa shape index (κ3) is 3.08. The summed E-state index contributed by atoms with van der Waals surface area (Å²) >= 11 is 0. The van der Waals surface area contributed by atoms with E-state index in [0.29, 0.717) is 6.04 Å². The van der Waals surface area contributed by atoms with Crippen LogP contribution >= 0.6 is 0 Å². The first-order valence-electron chi connectivity index (χ1n) is 8.60. The van der Waals surface area contributed by atoms with Gasteiger partial charge in [-0.1, -0.05) is 6.42 Å². The maximum Gasteiger partial charge on any atom is 0.142 e. The number of hydrogen-bond acceptors (Lipinski definition) is 3. The minimum Gasteiger partial charge on any atom is -0.491 e. The fraction of sp³-hybridized carbons (Fsp3) is 0.722. The number of pyridine rings is 1. The van der Waals surface area contributed by atoms with E-state index in [4.69, 9.17) is 4.74 Å². The minimum atomic E-state index is 0.714. The van der Waals surface area contributed by atoms with Crippen molar-refractivity contribution in [2.24, 2.45) is 17.8 Å². The van der Waals surface area contributed by atoms with Gasteiger partial charge in [0.05, 0.1) is 12.3 Å². The first-order chi connectivity index (χ1) is 10.3. The second-order valence-electron chi connectivity index (χ2n) is 7.30. The summed E-state index contributed by atoms with van der Waals surface area (Å²) in [6.45, 7) is 3.79. The SMILES string of the molecule is Cc1ccc(OCC2CC3CCC2C3)c(CNC2CC2)n1. The molecule has 3 atom stereocenters. The van der Waals surface area contributed by atoms with Crippen molar-refractivity contribution in [2.45, 2.75) is 58.0 Å². The van der Waals surface area contributed by atoms with E-state index in [0.717, 1.165) is 48.0 Å². The highest BCUT2D eigenvalue weighted by molar-refractivity contribution is 5.29. The molecule has 0 saturated heterocycles. The van der Waals surface area contributed by atoms with Gasteiger partial charge < -0.3 is 10.1 Å². The predicted molar refractivity (Wildman–Crippen MR) is 83.3 cm³/mol. The number of fused-ring (bicyclic) bond motifs is 2. The van der Waals surface area contributed by atoms with Crippen LogP contribution in [0.4, 0.5) is 0 Å². The lowest BCUT2D eigenvalue weighted by Crippen LogP contribution is -2.21. The topological polar surface area (TPSA) is 34.1 Å². The highest BCUT2D eigenvalue weighted by Crippen LogP contribution is 2.48. The molecule has 0 spiro atoms. The molecule has 0 radical (unpaired) electrons. The van der Waals surface area contributed by atoms with E-state index in [1.165, 1.54) is 38.5 Å². The van der Waals surface area contributed by atoms with Crippen LogP contribution in [0.1, 0.15) is 49.9 Å². The Morgan fingerprint density at radius 2 is 2.10 bits per heavy atom. The van der Waals surface area contributed by atoms with Crippen molar-refractivity contribution in [3.8, 4) is 5.75 Å². The van der Waals surface area contributed by atoms with Crippen molar-refractivity contribution in [2.75, 3.05) is 6.61 Å². The smallest absolute Gasteiger partial charge is 0.142 e. The van der Waals surface area contributed by atoms with Gasteiger partial charge in [0.1, 0.15) is 5.75 Å². The standard InChI is InChI=1S/C18H26N2O/c1-12-2-7-18(17(20-12)10-19-16-5-6-16)21-11-15-9-13-3-4-14(15)8-13/h2,7,13-16,19H,3-6,8-11H2,1H3. The van der Waals surface area contributed by atoms with Gasteiger partial charge >= 0.3 is 0 Å². The molecule has 0 amide bonds. The van der Waals surface area contributed by atoms with Crippen molar-refractivity contribution in [3.05, 3.63) is 23.5 Å². The Bertz CT molecular complexity index is 512. The summed E-state index contributed by atoms with van der Waals surface area (Å²) in [5.41, 5.74) is 2.17. The Balaban J connectivity index is 1.38. The van der Waals surface area contributed by atoms with Gasteiger partial charge in [0, 0.05) is 18.3 Å². The Morgan fingerprint density at radius 3 is 2.81 bits per heavy atom. The molecular weight excluding hydrogens is 260 g/mol. The zero-order chi connectivity index (χ0) is 14.2. The van der Waals surface area contributed by atoms with Crippen LogP contribution in [0.15, 0.2) is 12.1 Å². The van der Waals surface area contributed by atoms with Crippen LogP contribution in [0, 0.1) is 24.7 Å². The summed E-state index contributed by atoms with van der Waals surface area (Å²) in [5.74, 6) is 3.71. The molecule has 3 nitrogen and oxygen atoms in total. The lowest BCUT2D eigenvalue weighted by atomic mass is 9.89. The highest BCUT2D eigenvalue weighted by Gasteiger charge is 2.39. The zero-order valence-electron chi connectivity index (χ0n) is 13.0. The summed E-state index contributed by atoms with van der Waals surface area (Å²) in [6.07, 6.45) is 8.36. The van der Waals surface area contributed by atoms with Crippen LogP contribution < -0.4 is 10.1 Å². The molecule has 1 heterocycles. The lowest BCUT2D eigenvalue weighted by molar-refractivity contribution is 0.193. The molecule has 3 aliphatic carbocycles. The molecule has 1 aromatic heterocycles. The second-order valence-corrected chi connectivity index (χ2v) is 7.30. The Labute approximate surface area is 127 Å². The summed E-state index contributed by atoms with van der Waals surface area (Å²) < 4.78 is 6.18. The van der Waals surface area contributed by atoms with E-state index >= 15 is 0 Å². The number of aryl methyl sites for hydroxylation is 1. The van der Waals surface area contributed by atoms with Gasteiger partial charge in [-0.05, 0) is 68.9 Å². The largest absolute Gasteiger partial charge is 0.491 e. The second kappa shape index (κ2) is 5.60. The molecule has 3 saturated carbocycles. The number of ether oxygens (including phenoxy) is 1. The quantitative estimate of drug-likeness (QED) is 0.869. The van der Waals surface area contributed by atoms with Crippen LogP contribution in [-0.2, 0) is 6.54 Å². The molecule has 1 aromatic rings. The monoisotopic (exact) mass is 286 g/mol.